The van der Waals surface area contributed by atoms with E-state index >= 15 is 0 Å². The first-order valence-electron chi connectivity index (χ1n) is 8.68. The van der Waals surface area contributed by atoms with Gasteiger partial charge in [0.25, 0.3) is 0 Å². The molecule has 0 aromatic heterocycles. The summed E-state index contributed by atoms with van der Waals surface area (Å²) in [5.74, 6) is 0.951. The van der Waals surface area contributed by atoms with Crippen LogP contribution in [0.5, 0.6) is 5.75 Å². The highest BCUT2D eigenvalue weighted by molar-refractivity contribution is 5.54. The number of hydrogen-bond donors (Lipinski definition) is 2. The number of rotatable bonds is 6. The van der Waals surface area contributed by atoms with Crippen molar-refractivity contribution in [3.63, 3.8) is 0 Å². The van der Waals surface area contributed by atoms with Gasteiger partial charge in [0.05, 0.1) is 6.61 Å². The molecule has 130 valence electrons. The molecule has 0 radical (unpaired) electrons. The topological polar surface area (TPSA) is 56.5 Å². The molecular formula is C19H32N2O2. The highest BCUT2D eigenvalue weighted by Crippen LogP contribution is 2.34. The summed E-state index contributed by atoms with van der Waals surface area (Å²) in [5, 5.41) is 3.64. The number of nitrogens with one attached hydrogen (secondary N) is 1. The van der Waals surface area contributed by atoms with Gasteiger partial charge in [-0.05, 0) is 42.7 Å². The Balaban J connectivity index is 2.09. The second kappa shape index (κ2) is 8.02. The third-order valence-corrected chi connectivity index (χ3v) is 4.48. The number of anilines is 1. The van der Waals surface area contributed by atoms with Gasteiger partial charge < -0.3 is 20.5 Å². The van der Waals surface area contributed by atoms with E-state index in [0.717, 1.165) is 37.1 Å². The fourth-order valence-electron chi connectivity index (χ4n) is 3.09. The molecule has 1 fully saturated rings. The first kappa shape index (κ1) is 18.1. The van der Waals surface area contributed by atoms with Gasteiger partial charge in [-0.3, -0.25) is 0 Å². The van der Waals surface area contributed by atoms with Crippen LogP contribution in [0.4, 0.5) is 5.69 Å². The van der Waals surface area contributed by atoms with Crippen molar-refractivity contribution in [3.05, 3.63) is 23.8 Å². The van der Waals surface area contributed by atoms with Gasteiger partial charge in [0, 0.05) is 30.9 Å². The number of ether oxygens (including phenoxy) is 2. The third-order valence-electron chi connectivity index (χ3n) is 4.48. The molecule has 0 aliphatic heterocycles. The molecule has 2 rings (SSSR count). The first-order chi connectivity index (χ1) is 10.9. The molecule has 4 nitrogen and oxygen atoms in total. The predicted octanol–water partition coefficient (Wildman–Crippen LogP) is 3.69. The van der Waals surface area contributed by atoms with E-state index in [9.17, 15) is 0 Å². The highest BCUT2D eigenvalue weighted by Gasteiger charge is 2.21. The molecule has 1 aromatic carbocycles. The van der Waals surface area contributed by atoms with Crippen LogP contribution in [0.25, 0.3) is 0 Å². The maximum Gasteiger partial charge on any atom is 0.125 e. The van der Waals surface area contributed by atoms with E-state index < -0.39 is 0 Å². The minimum Gasteiger partial charge on any atom is -0.491 e. The Kier molecular flexibility index (Phi) is 6.31. The monoisotopic (exact) mass is 320 g/mol. The summed E-state index contributed by atoms with van der Waals surface area (Å²) in [5.41, 5.74) is 8.40. The van der Waals surface area contributed by atoms with Gasteiger partial charge in [0.1, 0.15) is 12.4 Å². The summed E-state index contributed by atoms with van der Waals surface area (Å²) < 4.78 is 11.1. The smallest absolute Gasteiger partial charge is 0.125 e. The SMILES string of the molecule is COCCOc1cc(NC2CCC(N)CC2)ccc1C(C)(C)C. The Hall–Kier alpha value is -1.26. The molecule has 0 atom stereocenters. The zero-order valence-electron chi connectivity index (χ0n) is 15.0. The van der Waals surface area contributed by atoms with E-state index in [1.807, 2.05) is 0 Å². The van der Waals surface area contributed by atoms with Crippen LogP contribution in [0.1, 0.15) is 52.0 Å². The summed E-state index contributed by atoms with van der Waals surface area (Å²) in [7, 11) is 1.69. The molecule has 1 aliphatic carbocycles. The summed E-state index contributed by atoms with van der Waals surface area (Å²) in [4.78, 5) is 0. The van der Waals surface area contributed by atoms with Gasteiger partial charge in [0.15, 0.2) is 0 Å². The molecule has 1 saturated carbocycles. The van der Waals surface area contributed by atoms with E-state index in [0.29, 0.717) is 25.3 Å². The van der Waals surface area contributed by atoms with Crippen LogP contribution in [0.2, 0.25) is 0 Å². The normalized spacial score (nSPS) is 22.0. The van der Waals surface area contributed by atoms with E-state index in [1.54, 1.807) is 7.11 Å². The molecule has 0 spiro atoms. The maximum atomic E-state index is 5.99. The van der Waals surface area contributed by atoms with Crippen LogP contribution in [0, 0.1) is 0 Å². The van der Waals surface area contributed by atoms with Crippen LogP contribution in [-0.4, -0.2) is 32.4 Å². The van der Waals surface area contributed by atoms with Crippen LogP contribution in [-0.2, 0) is 10.2 Å². The van der Waals surface area contributed by atoms with Crippen LogP contribution >= 0.6 is 0 Å². The maximum absolute atomic E-state index is 5.99. The number of hydrogen-bond acceptors (Lipinski definition) is 4. The fraction of sp³-hybridized carbons (Fsp3) is 0.684. The predicted molar refractivity (Wildman–Crippen MR) is 96.4 cm³/mol. The van der Waals surface area contributed by atoms with Gasteiger partial charge in [-0.25, -0.2) is 0 Å². The van der Waals surface area contributed by atoms with Crippen molar-refractivity contribution in [2.24, 2.45) is 5.73 Å². The van der Waals surface area contributed by atoms with Gasteiger partial charge in [-0.1, -0.05) is 26.8 Å². The lowest BCUT2D eigenvalue weighted by atomic mass is 9.86. The molecule has 23 heavy (non-hydrogen) atoms. The van der Waals surface area contributed by atoms with Crippen molar-refractivity contribution < 1.29 is 9.47 Å². The average molecular weight is 320 g/mol. The zero-order valence-corrected chi connectivity index (χ0v) is 15.0. The average Bonchev–Trinajstić information content (AvgIpc) is 2.49. The Morgan fingerprint density at radius 3 is 2.43 bits per heavy atom. The van der Waals surface area contributed by atoms with E-state index in [2.05, 4.69) is 44.3 Å². The van der Waals surface area contributed by atoms with Crippen LogP contribution in [0.15, 0.2) is 18.2 Å². The van der Waals surface area contributed by atoms with Gasteiger partial charge in [-0.15, -0.1) is 0 Å². The summed E-state index contributed by atoms with van der Waals surface area (Å²) >= 11 is 0. The van der Waals surface area contributed by atoms with Crippen LogP contribution < -0.4 is 15.8 Å². The van der Waals surface area contributed by atoms with Gasteiger partial charge in [-0.2, -0.15) is 0 Å². The van der Waals surface area contributed by atoms with Crippen molar-refractivity contribution in [2.45, 2.75) is 64.0 Å². The number of benzene rings is 1. The Morgan fingerprint density at radius 1 is 1.13 bits per heavy atom. The van der Waals surface area contributed by atoms with E-state index in [-0.39, 0.29) is 5.41 Å². The lowest BCUT2D eigenvalue weighted by Gasteiger charge is -2.29. The second-order valence-corrected chi connectivity index (χ2v) is 7.56. The van der Waals surface area contributed by atoms with Crippen molar-refractivity contribution in [1.29, 1.82) is 0 Å². The molecule has 3 N–H and O–H groups in total. The lowest BCUT2D eigenvalue weighted by Crippen LogP contribution is -2.32. The summed E-state index contributed by atoms with van der Waals surface area (Å²) in [6, 6.07) is 7.37. The van der Waals surface area contributed by atoms with Crippen molar-refractivity contribution in [1.82, 2.24) is 0 Å². The fourth-order valence-corrected chi connectivity index (χ4v) is 3.09. The largest absolute Gasteiger partial charge is 0.491 e. The second-order valence-electron chi connectivity index (χ2n) is 7.56. The molecule has 4 heteroatoms. The summed E-state index contributed by atoms with van der Waals surface area (Å²) in [6.07, 6.45) is 4.49. The Bertz CT molecular complexity index is 489. The zero-order chi connectivity index (χ0) is 16.9. The van der Waals surface area contributed by atoms with Crippen molar-refractivity contribution in [3.8, 4) is 5.75 Å². The molecule has 1 aliphatic rings. The lowest BCUT2D eigenvalue weighted by molar-refractivity contribution is 0.145. The third kappa shape index (κ3) is 5.40. The minimum absolute atomic E-state index is 0.0541. The molecule has 0 heterocycles. The summed E-state index contributed by atoms with van der Waals surface area (Å²) in [6.45, 7) is 7.80. The number of methoxy groups -OCH3 is 1. The van der Waals surface area contributed by atoms with Crippen LogP contribution in [0.3, 0.4) is 0 Å². The molecule has 1 aromatic rings. The van der Waals surface area contributed by atoms with E-state index in [1.165, 1.54) is 5.56 Å². The molecule has 0 saturated heterocycles. The van der Waals surface area contributed by atoms with Crippen molar-refractivity contribution >= 4 is 5.69 Å². The molecule has 0 bridgehead atoms. The Morgan fingerprint density at radius 2 is 1.83 bits per heavy atom. The number of nitrogens with two attached hydrogens (primary N) is 1. The highest BCUT2D eigenvalue weighted by atomic mass is 16.5. The minimum atomic E-state index is 0.0541. The van der Waals surface area contributed by atoms with Crippen molar-refractivity contribution in [2.75, 3.05) is 25.6 Å². The van der Waals surface area contributed by atoms with E-state index in [4.69, 9.17) is 15.2 Å². The Labute approximate surface area is 140 Å². The van der Waals surface area contributed by atoms with Gasteiger partial charge >= 0.3 is 0 Å². The standard InChI is InChI=1S/C19H32N2O2/c1-19(2,3)17-10-9-16(13-18(17)23-12-11-22-4)21-15-7-5-14(20)6-8-15/h9-10,13-15,21H,5-8,11-12,20H2,1-4H3. The first-order valence-corrected chi connectivity index (χ1v) is 8.68. The molecular weight excluding hydrogens is 288 g/mol. The quantitative estimate of drug-likeness (QED) is 0.785. The molecule has 0 unspecified atom stereocenters. The molecule has 0 amide bonds. The van der Waals surface area contributed by atoms with Gasteiger partial charge in [0.2, 0.25) is 0 Å².